The molecular formula is C26H31N7O. The Morgan fingerprint density at radius 2 is 2.09 bits per heavy atom. The summed E-state index contributed by atoms with van der Waals surface area (Å²) in [6.45, 7) is 4.81. The van der Waals surface area contributed by atoms with Crippen LogP contribution in [0.2, 0.25) is 0 Å². The van der Waals surface area contributed by atoms with E-state index >= 15 is 0 Å². The third-order valence-electron chi connectivity index (χ3n) is 7.36. The first-order chi connectivity index (χ1) is 16.5. The fourth-order valence-electron chi connectivity index (χ4n) is 5.16. The Kier molecular flexibility index (Phi) is 5.83. The molecule has 0 bridgehead atoms. The molecule has 0 radical (unpaired) electrons. The van der Waals surface area contributed by atoms with Crippen LogP contribution in [-0.2, 0) is 10.2 Å². The number of nitrogens with zero attached hydrogens (tertiary/aromatic N) is 2. The molecule has 5 rings (SSSR count). The van der Waals surface area contributed by atoms with Gasteiger partial charge in [-0.3, -0.25) is 9.89 Å². The van der Waals surface area contributed by atoms with Crippen LogP contribution >= 0.6 is 0 Å². The lowest BCUT2D eigenvalue weighted by Gasteiger charge is -2.36. The molecule has 34 heavy (non-hydrogen) atoms. The van der Waals surface area contributed by atoms with Crippen LogP contribution < -0.4 is 16.8 Å². The molecule has 7 N–H and O–H groups in total. The second-order valence-electron chi connectivity index (χ2n) is 9.32. The Hall–Kier alpha value is -3.65. The number of aromatic nitrogens is 4. The smallest absolute Gasteiger partial charge is 0.223 e. The number of H-pyrrole nitrogens is 2. The van der Waals surface area contributed by atoms with Gasteiger partial charge in [0, 0.05) is 23.1 Å². The lowest BCUT2D eigenvalue weighted by molar-refractivity contribution is -0.126. The van der Waals surface area contributed by atoms with E-state index in [0.29, 0.717) is 18.3 Å². The molecule has 0 aliphatic heterocycles. The van der Waals surface area contributed by atoms with Crippen LogP contribution in [0.15, 0.2) is 61.4 Å². The standard InChI is InChI=1S/C26H31N7O/c1-2-26(12-4-3-5-22(26)31-24(34)17-8-6-16(14-27)7-9-17)25-29-15-21(30-25)18-10-11-19-20(13-18)32-33-23(19)28/h2-5,10-13,15-17,22H,1,6-9,14,27H2,(H,29,30)(H,31,34)(H3,28,32,33)/t16-,17-,22?,26-/m0/s1. The van der Waals surface area contributed by atoms with E-state index in [4.69, 9.17) is 16.5 Å². The number of carbonyl (C=O) groups excluding carboxylic acids is 1. The Balaban J connectivity index is 1.39. The molecule has 1 amide bonds. The molecule has 0 spiro atoms. The van der Waals surface area contributed by atoms with Crippen LogP contribution in [-0.4, -0.2) is 38.7 Å². The zero-order chi connectivity index (χ0) is 23.7. The number of allylic oxidation sites excluding steroid dienone is 2. The maximum Gasteiger partial charge on any atom is 0.223 e. The Morgan fingerprint density at radius 1 is 1.26 bits per heavy atom. The zero-order valence-corrected chi connectivity index (χ0v) is 19.1. The average Bonchev–Trinajstić information content (AvgIpc) is 3.52. The van der Waals surface area contributed by atoms with Gasteiger partial charge >= 0.3 is 0 Å². The lowest BCUT2D eigenvalue weighted by Crippen LogP contribution is -2.50. The van der Waals surface area contributed by atoms with Crippen molar-refractivity contribution in [1.82, 2.24) is 25.5 Å². The topological polar surface area (TPSA) is 138 Å². The van der Waals surface area contributed by atoms with Gasteiger partial charge in [-0.2, -0.15) is 5.10 Å². The van der Waals surface area contributed by atoms with E-state index in [0.717, 1.165) is 53.7 Å². The molecular weight excluding hydrogens is 426 g/mol. The normalized spacial score (nSPS) is 26.6. The molecule has 1 saturated carbocycles. The molecule has 2 aliphatic carbocycles. The van der Waals surface area contributed by atoms with Gasteiger partial charge in [0.15, 0.2) is 5.82 Å². The molecule has 1 unspecified atom stereocenters. The largest absolute Gasteiger partial charge is 0.382 e. The van der Waals surface area contributed by atoms with Crippen molar-refractivity contribution in [3.05, 3.63) is 67.2 Å². The van der Waals surface area contributed by atoms with Gasteiger partial charge in [0.2, 0.25) is 5.91 Å². The van der Waals surface area contributed by atoms with Crippen LogP contribution in [0, 0.1) is 11.8 Å². The van der Waals surface area contributed by atoms with Crippen molar-refractivity contribution in [3.8, 4) is 11.3 Å². The second-order valence-corrected chi connectivity index (χ2v) is 9.32. The van der Waals surface area contributed by atoms with E-state index in [2.05, 4.69) is 27.1 Å². The highest BCUT2D eigenvalue weighted by Gasteiger charge is 2.40. The van der Waals surface area contributed by atoms with E-state index in [1.54, 1.807) is 0 Å². The number of imidazole rings is 1. The van der Waals surface area contributed by atoms with Gasteiger partial charge < -0.3 is 21.8 Å². The Labute approximate surface area is 198 Å². The van der Waals surface area contributed by atoms with Crippen LogP contribution in [0.4, 0.5) is 5.82 Å². The van der Waals surface area contributed by atoms with Crippen molar-refractivity contribution in [2.75, 3.05) is 12.3 Å². The number of nitrogen functional groups attached to an aromatic ring is 1. The maximum atomic E-state index is 13.2. The number of nitrogens with two attached hydrogens (primary N) is 2. The van der Waals surface area contributed by atoms with Crippen LogP contribution in [0.3, 0.4) is 0 Å². The first kappa shape index (κ1) is 22.2. The van der Waals surface area contributed by atoms with E-state index in [1.807, 2.05) is 54.8 Å². The SMILES string of the molecule is C=C[C@]1(c2nc(-c3ccc4c(N)n[nH]c4c3)c[nH]2)C=CC=CC1NC(=O)[C@H]1CC[C@H](CN)CC1. The number of carbonyl (C=O) groups is 1. The minimum atomic E-state index is -0.681. The van der Waals surface area contributed by atoms with Gasteiger partial charge in [-0.05, 0) is 50.3 Å². The quantitative estimate of drug-likeness (QED) is 0.361. The summed E-state index contributed by atoms with van der Waals surface area (Å²) in [5.41, 5.74) is 13.6. The van der Waals surface area contributed by atoms with Crippen molar-refractivity contribution in [3.63, 3.8) is 0 Å². The predicted octanol–water partition coefficient (Wildman–Crippen LogP) is 3.33. The summed E-state index contributed by atoms with van der Waals surface area (Å²) in [7, 11) is 0. The minimum absolute atomic E-state index is 0.0188. The number of hydrogen-bond acceptors (Lipinski definition) is 5. The van der Waals surface area contributed by atoms with Crippen molar-refractivity contribution >= 4 is 22.6 Å². The lowest BCUT2D eigenvalue weighted by atomic mass is 9.75. The molecule has 2 atom stereocenters. The molecule has 2 aromatic heterocycles. The number of aromatic amines is 2. The number of hydrogen-bond donors (Lipinski definition) is 5. The highest BCUT2D eigenvalue weighted by Crippen LogP contribution is 2.35. The summed E-state index contributed by atoms with van der Waals surface area (Å²) in [5, 5.41) is 11.2. The van der Waals surface area contributed by atoms with Gasteiger partial charge in [0.1, 0.15) is 5.82 Å². The monoisotopic (exact) mass is 457 g/mol. The summed E-state index contributed by atoms with van der Waals surface area (Å²) in [5.74, 6) is 1.84. The molecule has 0 saturated heterocycles. The van der Waals surface area contributed by atoms with Gasteiger partial charge in [-0.15, -0.1) is 6.58 Å². The second kappa shape index (κ2) is 8.95. The number of nitrogens with one attached hydrogen (secondary N) is 3. The molecule has 176 valence electrons. The minimum Gasteiger partial charge on any atom is -0.382 e. The number of amides is 1. The van der Waals surface area contributed by atoms with Gasteiger partial charge in [0.05, 0.1) is 22.7 Å². The molecule has 8 nitrogen and oxygen atoms in total. The van der Waals surface area contributed by atoms with Gasteiger partial charge in [-0.1, -0.05) is 36.4 Å². The van der Waals surface area contributed by atoms with Crippen molar-refractivity contribution < 1.29 is 4.79 Å². The van der Waals surface area contributed by atoms with Crippen molar-refractivity contribution in [1.29, 1.82) is 0 Å². The third kappa shape index (κ3) is 3.84. The summed E-state index contributed by atoms with van der Waals surface area (Å²) in [4.78, 5) is 21.4. The average molecular weight is 458 g/mol. The fraction of sp³-hybridized carbons (Fsp3) is 0.346. The van der Waals surface area contributed by atoms with E-state index in [1.165, 1.54) is 0 Å². The summed E-state index contributed by atoms with van der Waals surface area (Å²) >= 11 is 0. The van der Waals surface area contributed by atoms with Crippen molar-refractivity contribution in [2.24, 2.45) is 17.6 Å². The van der Waals surface area contributed by atoms with Crippen LogP contribution in [0.5, 0.6) is 0 Å². The number of anilines is 1. The maximum absolute atomic E-state index is 13.2. The highest BCUT2D eigenvalue weighted by atomic mass is 16.1. The molecule has 1 fully saturated rings. The van der Waals surface area contributed by atoms with E-state index in [-0.39, 0.29) is 17.9 Å². The van der Waals surface area contributed by atoms with Gasteiger partial charge in [-0.25, -0.2) is 4.98 Å². The molecule has 2 heterocycles. The van der Waals surface area contributed by atoms with E-state index in [9.17, 15) is 4.79 Å². The Bertz CT molecular complexity index is 1260. The summed E-state index contributed by atoms with van der Waals surface area (Å²) < 4.78 is 0. The molecule has 2 aliphatic rings. The number of benzene rings is 1. The summed E-state index contributed by atoms with van der Waals surface area (Å²) in [6, 6.07) is 5.60. The first-order valence-electron chi connectivity index (χ1n) is 11.8. The number of fused-ring (bicyclic) bond motifs is 1. The predicted molar refractivity (Wildman–Crippen MR) is 135 cm³/mol. The summed E-state index contributed by atoms with van der Waals surface area (Å²) in [6.07, 6.45) is 15.5. The molecule has 3 aromatic rings. The first-order valence-corrected chi connectivity index (χ1v) is 11.8. The van der Waals surface area contributed by atoms with Crippen LogP contribution in [0.1, 0.15) is 31.5 Å². The number of rotatable bonds is 6. The highest BCUT2D eigenvalue weighted by molar-refractivity contribution is 5.91. The zero-order valence-electron chi connectivity index (χ0n) is 19.1. The van der Waals surface area contributed by atoms with Gasteiger partial charge in [0.25, 0.3) is 0 Å². The van der Waals surface area contributed by atoms with Crippen LogP contribution in [0.25, 0.3) is 22.2 Å². The van der Waals surface area contributed by atoms with E-state index < -0.39 is 5.41 Å². The third-order valence-corrected chi connectivity index (χ3v) is 7.36. The molecule has 8 heteroatoms. The Morgan fingerprint density at radius 3 is 2.85 bits per heavy atom. The van der Waals surface area contributed by atoms with Crippen molar-refractivity contribution in [2.45, 2.75) is 37.1 Å². The fourth-order valence-corrected chi connectivity index (χ4v) is 5.16. The molecule has 1 aromatic carbocycles.